The van der Waals surface area contributed by atoms with Crippen LogP contribution in [-0.4, -0.2) is 93.0 Å². The summed E-state index contributed by atoms with van der Waals surface area (Å²) in [6.45, 7) is 6.07. The maximum atomic E-state index is 12.6. The van der Waals surface area contributed by atoms with Gasteiger partial charge in [0.1, 0.15) is 23.6 Å². The Balaban J connectivity index is 0.000000985. The molecule has 0 atom stereocenters. The maximum Gasteiger partial charge on any atom is 0.319 e. The zero-order valence-electron chi connectivity index (χ0n) is 26.6. The van der Waals surface area contributed by atoms with Gasteiger partial charge >= 0.3 is 6.03 Å². The first-order valence-electron chi connectivity index (χ1n) is 15.6. The molecule has 1 aliphatic carbocycles. The van der Waals surface area contributed by atoms with E-state index in [4.69, 9.17) is 25.5 Å². The second-order valence-corrected chi connectivity index (χ2v) is 11.8. The fourth-order valence-electron chi connectivity index (χ4n) is 6.19. The lowest BCUT2D eigenvalue weighted by molar-refractivity contribution is -0.134. The molecule has 3 heterocycles. The number of nitrogens with two attached hydrogens (primary N) is 1. The van der Waals surface area contributed by atoms with Crippen molar-refractivity contribution in [3.05, 3.63) is 60.4 Å². The number of piperazine rings is 1. The van der Waals surface area contributed by atoms with Gasteiger partial charge in [0.05, 0.1) is 24.2 Å². The second kappa shape index (κ2) is 15.0. The highest BCUT2D eigenvalue weighted by Crippen LogP contribution is 2.39. The fourth-order valence-corrected chi connectivity index (χ4v) is 6.19. The summed E-state index contributed by atoms with van der Waals surface area (Å²) in [6, 6.07) is 15.9. The molecule has 244 valence electrons. The summed E-state index contributed by atoms with van der Waals surface area (Å²) < 4.78 is 7.72. The molecule has 2 aromatic carbocycles. The van der Waals surface area contributed by atoms with Gasteiger partial charge in [-0.2, -0.15) is 5.10 Å². The van der Waals surface area contributed by atoms with E-state index in [9.17, 15) is 4.79 Å². The number of nitrogen functional groups attached to an aromatic ring is 1. The van der Waals surface area contributed by atoms with Gasteiger partial charge in [0.25, 0.3) is 5.97 Å². The van der Waals surface area contributed by atoms with E-state index >= 15 is 0 Å². The summed E-state index contributed by atoms with van der Waals surface area (Å²) in [4.78, 5) is 35.6. The minimum atomic E-state index is -0.833. The van der Waals surface area contributed by atoms with E-state index < -0.39 is 5.97 Å². The van der Waals surface area contributed by atoms with E-state index in [1.807, 2.05) is 48.5 Å². The number of methoxy groups -OCH3 is 1. The monoisotopic (exact) mass is 629 g/mol. The number of carboxylic acids is 1. The molecule has 0 spiro atoms. The quantitative estimate of drug-likeness (QED) is 0.233. The number of anilines is 2. The lowest BCUT2D eigenvalue weighted by Gasteiger charge is -2.41. The van der Waals surface area contributed by atoms with Crippen LogP contribution in [0.3, 0.4) is 0 Å². The Hall–Kier alpha value is -4.75. The highest BCUT2D eigenvalue weighted by atomic mass is 16.5. The van der Waals surface area contributed by atoms with Crippen LogP contribution in [0.4, 0.5) is 16.3 Å². The average molecular weight is 630 g/mol. The lowest BCUT2D eigenvalue weighted by Crippen LogP contribution is -2.49. The Bertz CT molecular complexity index is 1630. The number of nitrogens with one attached hydrogen (secondary N) is 2. The van der Waals surface area contributed by atoms with E-state index in [-0.39, 0.29) is 12.1 Å². The Kier molecular flexibility index (Phi) is 10.7. The van der Waals surface area contributed by atoms with Gasteiger partial charge in [-0.1, -0.05) is 36.4 Å². The van der Waals surface area contributed by atoms with Crippen molar-refractivity contribution < 1.29 is 19.4 Å². The minimum absolute atomic E-state index is 0.246. The molecule has 46 heavy (non-hydrogen) atoms. The molecule has 1 saturated heterocycles. The normalized spacial score (nSPS) is 18.8. The smallest absolute Gasteiger partial charge is 0.319 e. The molecule has 5 N–H and O–H groups in total. The zero-order valence-corrected chi connectivity index (χ0v) is 26.6. The number of carbonyl (C=O) groups is 2. The van der Waals surface area contributed by atoms with E-state index in [1.165, 1.54) is 6.33 Å². The second-order valence-electron chi connectivity index (χ2n) is 11.8. The number of amides is 2. The predicted molar refractivity (Wildman–Crippen MR) is 178 cm³/mol. The van der Waals surface area contributed by atoms with Crippen molar-refractivity contribution in [2.45, 2.75) is 51.2 Å². The van der Waals surface area contributed by atoms with Gasteiger partial charge in [0.15, 0.2) is 5.65 Å². The summed E-state index contributed by atoms with van der Waals surface area (Å²) in [5.41, 5.74) is 10.3. The van der Waals surface area contributed by atoms with Gasteiger partial charge in [0.2, 0.25) is 0 Å². The molecule has 1 aliphatic heterocycles. The number of hydrogen-bond donors (Lipinski definition) is 4. The van der Waals surface area contributed by atoms with E-state index in [2.05, 4.69) is 42.1 Å². The van der Waals surface area contributed by atoms with Gasteiger partial charge in [-0.05, 0) is 50.4 Å². The van der Waals surface area contributed by atoms with Crippen molar-refractivity contribution in [1.82, 2.24) is 34.9 Å². The third kappa shape index (κ3) is 7.90. The molecule has 13 heteroatoms. The molecule has 6 rings (SSSR count). The first-order valence-corrected chi connectivity index (χ1v) is 15.6. The van der Waals surface area contributed by atoms with Crippen molar-refractivity contribution in [3.63, 3.8) is 0 Å². The number of aromatic nitrogens is 4. The van der Waals surface area contributed by atoms with Crippen molar-refractivity contribution in [2.75, 3.05) is 51.4 Å². The number of rotatable bonds is 7. The molecule has 1 saturated carbocycles. The Morgan fingerprint density at radius 3 is 2.35 bits per heavy atom. The van der Waals surface area contributed by atoms with Crippen LogP contribution in [0.2, 0.25) is 0 Å². The van der Waals surface area contributed by atoms with Crippen molar-refractivity contribution >= 4 is 34.5 Å². The number of likely N-dealkylation sites (N-methyl/N-ethyl adjacent to an activating group) is 1. The molecular formula is C33H43N9O4. The van der Waals surface area contributed by atoms with Gasteiger partial charge in [0, 0.05) is 51.3 Å². The number of urea groups is 1. The SMILES string of the molecule is CC(=O)O.COc1cc(-c2nn([C@H]3CC[C@@H](N4CCN(C)CC4)CC3)c3ncnc(N)c23)ccc1NC(=O)NCc1ccccc1. The third-order valence-electron chi connectivity index (χ3n) is 8.60. The van der Waals surface area contributed by atoms with Crippen molar-refractivity contribution in [3.8, 4) is 17.0 Å². The van der Waals surface area contributed by atoms with Crippen LogP contribution in [-0.2, 0) is 11.3 Å². The molecule has 2 aliphatic rings. The molecule has 13 nitrogen and oxygen atoms in total. The number of fused-ring (bicyclic) bond motifs is 1. The maximum absolute atomic E-state index is 12.6. The van der Waals surface area contributed by atoms with E-state index in [0.717, 1.165) is 80.9 Å². The standard InChI is InChI=1S/C31H39N9O2.C2H4O2/c1-38-14-16-39(17-15-38)23-9-11-24(12-10-23)40-30-27(29(32)34-20-35-30)28(37-40)22-8-13-25(26(18-22)42-2)36-31(41)33-19-21-6-4-3-5-7-21;1-2(3)4/h3-8,13,18,20,23-24H,9-12,14-17,19H2,1-2H3,(H2,32,34,35)(H2,33,36,41);1H3,(H,3,4)/t23-,24+;. The number of nitrogens with zero attached hydrogens (tertiary/aromatic N) is 6. The van der Waals surface area contributed by atoms with Gasteiger partial charge < -0.3 is 31.1 Å². The average Bonchev–Trinajstić information content (AvgIpc) is 3.46. The largest absolute Gasteiger partial charge is 0.495 e. The number of ether oxygens (including phenoxy) is 1. The fraction of sp³-hybridized carbons (Fsp3) is 0.424. The van der Waals surface area contributed by atoms with Gasteiger partial charge in [-0.15, -0.1) is 0 Å². The Morgan fingerprint density at radius 1 is 1.00 bits per heavy atom. The van der Waals surface area contributed by atoms with E-state index in [0.29, 0.717) is 35.5 Å². The van der Waals surface area contributed by atoms with Crippen LogP contribution in [0, 0.1) is 0 Å². The molecular weight excluding hydrogens is 586 g/mol. The molecule has 4 aromatic rings. The predicted octanol–water partition coefficient (Wildman–Crippen LogP) is 4.23. The molecule has 2 fully saturated rings. The Labute approximate surface area is 268 Å². The van der Waals surface area contributed by atoms with Crippen LogP contribution < -0.4 is 21.1 Å². The lowest BCUT2D eigenvalue weighted by atomic mass is 9.90. The first-order chi connectivity index (χ1) is 22.2. The van der Waals surface area contributed by atoms with Crippen molar-refractivity contribution in [1.29, 1.82) is 0 Å². The van der Waals surface area contributed by atoms with Crippen LogP contribution in [0.5, 0.6) is 5.75 Å². The van der Waals surface area contributed by atoms with Gasteiger partial charge in [-0.25, -0.2) is 19.4 Å². The molecule has 0 bridgehead atoms. The summed E-state index contributed by atoms with van der Waals surface area (Å²) in [6.07, 6.45) is 5.89. The summed E-state index contributed by atoms with van der Waals surface area (Å²) in [7, 11) is 3.78. The van der Waals surface area contributed by atoms with Crippen LogP contribution in [0.15, 0.2) is 54.9 Å². The van der Waals surface area contributed by atoms with Crippen LogP contribution >= 0.6 is 0 Å². The zero-order chi connectivity index (χ0) is 32.6. The highest BCUT2D eigenvalue weighted by molar-refractivity contribution is 5.99. The number of carbonyl (C=O) groups excluding carboxylic acids is 1. The third-order valence-corrected chi connectivity index (χ3v) is 8.60. The molecule has 2 aromatic heterocycles. The summed E-state index contributed by atoms with van der Waals surface area (Å²) >= 11 is 0. The molecule has 2 amide bonds. The Morgan fingerprint density at radius 2 is 1.67 bits per heavy atom. The van der Waals surface area contributed by atoms with Crippen molar-refractivity contribution in [2.24, 2.45) is 0 Å². The number of aliphatic carboxylic acids is 1. The first kappa shape index (κ1) is 32.6. The highest BCUT2D eigenvalue weighted by Gasteiger charge is 2.31. The summed E-state index contributed by atoms with van der Waals surface area (Å²) in [5.74, 6) is 0.0852. The molecule has 0 radical (unpaired) electrons. The summed E-state index contributed by atoms with van der Waals surface area (Å²) in [5, 5.41) is 19.0. The van der Waals surface area contributed by atoms with Gasteiger partial charge in [-0.3, -0.25) is 9.69 Å². The van der Waals surface area contributed by atoms with Crippen LogP contribution in [0.1, 0.15) is 44.2 Å². The number of benzene rings is 2. The topological polar surface area (TPSA) is 164 Å². The van der Waals surface area contributed by atoms with E-state index in [1.54, 1.807) is 7.11 Å². The minimum Gasteiger partial charge on any atom is -0.495 e. The molecule has 0 unspecified atom stereocenters. The van der Waals surface area contributed by atoms with Crippen LogP contribution in [0.25, 0.3) is 22.3 Å². The number of hydrogen-bond acceptors (Lipinski definition) is 9. The number of carboxylic acid groups (broad SMARTS) is 1.